The molecule has 128 heavy (non-hydrogen) atoms. The van der Waals surface area contributed by atoms with E-state index in [1.807, 2.05) is 243 Å². The van der Waals surface area contributed by atoms with E-state index in [-0.39, 0.29) is 5.82 Å². The Labute approximate surface area is 741 Å². The number of anilines is 4. The van der Waals surface area contributed by atoms with E-state index in [0.29, 0.717) is 19.6 Å². The summed E-state index contributed by atoms with van der Waals surface area (Å²) in [7, 11) is 0. The van der Waals surface area contributed by atoms with Crippen molar-refractivity contribution in [2.75, 3.05) is 21.3 Å². The number of pyridine rings is 13. The van der Waals surface area contributed by atoms with Gasteiger partial charge in [-0.05, 0) is 286 Å². The highest BCUT2D eigenvalue weighted by atomic mass is 19.1. The molecule has 4 N–H and O–H groups in total. The molecule has 624 valence electrons. The van der Waals surface area contributed by atoms with Gasteiger partial charge in [0.05, 0.1) is 56.2 Å². The summed E-state index contributed by atoms with van der Waals surface area (Å²) < 4.78 is 26.8. The summed E-state index contributed by atoms with van der Waals surface area (Å²) in [5.74, 6) is -0.734. The van der Waals surface area contributed by atoms with Crippen LogP contribution in [0.2, 0.25) is 0 Å². The Morgan fingerprint density at radius 2 is 0.477 bits per heavy atom. The van der Waals surface area contributed by atoms with Gasteiger partial charge in [0.1, 0.15) is 5.82 Å². The largest absolute Gasteiger partial charge is 0.380 e. The summed E-state index contributed by atoms with van der Waals surface area (Å²) in [4.78, 5) is 57.8. The lowest BCUT2D eigenvalue weighted by atomic mass is 10.0. The number of rotatable bonds is 20. The highest BCUT2D eigenvalue weighted by molar-refractivity contribution is 5.96. The highest BCUT2D eigenvalue weighted by Crippen LogP contribution is 2.34. The van der Waals surface area contributed by atoms with Gasteiger partial charge in [-0.15, -0.1) is 0 Å². The monoisotopic (exact) mass is 1670 g/mol. The molecule has 0 bridgehead atoms. The maximum Gasteiger partial charge on any atom is 0.213 e. The number of benzene rings is 7. The Morgan fingerprint density at radius 3 is 0.781 bits per heavy atom. The summed E-state index contributed by atoms with van der Waals surface area (Å²) >= 11 is 0. The van der Waals surface area contributed by atoms with Crippen LogP contribution in [-0.4, -0.2) is 64.8 Å². The lowest BCUT2D eigenvalue weighted by Crippen LogP contribution is -2.01. The van der Waals surface area contributed by atoms with Crippen LogP contribution in [0.4, 0.5) is 31.5 Å². The number of nitrogens with one attached hydrogen (secondary N) is 4. The smallest absolute Gasteiger partial charge is 0.213 e. The third-order valence-corrected chi connectivity index (χ3v) is 21.8. The molecule has 13 heterocycles. The molecule has 0 spiro atoms. The van der Waals surface area contributed by atoms with Crippen molar-refractivity contribution in [2.45, 2.75) is 67.7 Å². The molecule has 20 aromatic rings. The molecule has 0 amide bonds. The Balaban J connectivity index is 0.000000120. The average molecular weight is 1680 g/mol. The third-order valence-electron chi connectivity index (χ3n) is 21.8. The van der Waals surface area contributed by atoms with Crippen LogP contribution in [-0.2, 0) is 26.2 Å². The molecule has 13 aromatic heterocycles. The zero-order chi connectivity index (χ0) is 87.7. The molecule has 7 aromatic carbocycles. The van der Waals surface area contributed by atoms with E-state index in [4.69, 9.17) is 19.9 Å². The molecule has 20 rings (SSSR count). The predicted molar refractivity (Wildman–Crippen MR) is 514 cm³/mol. The molecular weight excluding hydrogens is 1590 g/mol. The van der Waals surface area contributed by atoms with Gasteiger partial charge in [-0.2, -0.15) is 4.39 Å². The van der Waals surface area contributed by atoms with Crippen LogP contribution < -0.4 is 21.3 Å². The van der Waals surface area contributed by atoms with Gasteiger partial charge < -0.3 is 21.3 Å². The molecular formula is C109H89F2N17. The van der Waals surface area contributed by atoms with Crippen LogP contribution in [0.25, 0.3) is 133 Å². The molecule has 0 aliphatic carbocycles. The first-order valence-electron chi connectivity index (χ1n) is 42.2. The van der Waals surface area contributed by atoms with Crippen LogP contribution in [0.15, 0.2) is 359 Å². The van der Waals surface area contributed by atoms with E-state index in [1.165, 1.54) is 41.1 Å². The van der Waals surface area contributed by atoms with Gasteiger partial charge in [0, 0.05) is 200 Å². The van der Waals surface area contributed by atoms with E-state index < -0.39 is 5.95 Å². The average Bonchev–Trinajstić information content (AvgIpc) is 0.808. The number of aryl methyl sites for hydroxylation is 6. The second-order valence-corrected chi connectivity index (χ2v) is 31.2. The quantitative estimate of drug-likeness (QED) is 0.0522. The Morgan fingerprint density at radius 1 is 0.211 bits per heavy atom. The molecule has 0 aliphatic heterocycles. The first kappa shape index (κ1) is 83.8. The number of aromatic nitrogens is 13. The van der Waals surface area contributed by atoms with E-state index in [0.717, 1.165) is 202 Å². The van der Waals surface area contributed by atoms with Crippen LogP contribution >= 0.6 is 0 Å². The summed E-state index contributed by atoms with van der Waals surface area (Å²) in [5.41, 5.74) is 34.2. The van der Waals surface area contributed by atoms with Crippen molar-refractivity contribution >= 4 is 66.4 Å². The van der Waals surface area contributed by atoms with Gasteiger partial charge in [-0.3, -0.25) is 39.9 Å². The third kappa shape index (κ3) is 21.1. The van der Waals surface area contributed by atoms with Crippen LogP contribution in [0.5, 0.6) is 0 Å². The van der Waals surface area contributed by atoms with Gasteiger partial charge >= 0.3 is 0 Å². The minimum Gasteiger partial charge on any atom is -0.380 e. The van der Waals surface area contributed by atoms with Crippen molar-refractivity contribution in [1.29, 1.82) is 0 Å². The fraction of sp³-hybridized carbons (Fsp3) is 0.0917. The Kier molecular flexibility index (Phi) is 25.8. The second kappa shape index (κ2) is 39.4. The van der Waals surface area contributed by atoms with E-state index in [1.54, 1.807) is 12.1 Å². The highest BCUT2D eigenvalue weighted by Gasteiger charge is 2.15. The van der Waals surface area contributed by atoms with Crippen molar-refractivity contribution in [2.24, 2.45) is 0 Å². The minimum absolute atomic E-state index is 0.262. The molecule has 0 radical (unpaired) electrons. The first-order valence-corrected chi connectivity index (χ1v) is 42.2. The second-order valence-electron chi connectivity index (χ2n) is 31.2. The van der Waals surface area contributed by atoms with E-state index in [9.17, 15) is 8.78 Å². The Hall–Kier alpha value is -16.4. The zero-order valence-corrected chi connectivity index (χ0v) is 71.5. The number of fused-ring (bicyclic) bond motifs is 4. The summed E-state index contributed by atoms with van der Waals surface area (Å²) in [6.45, 7) is 14.7. The van der Waals surface area contributed by atoms with Crippen LogP contribution in [0, 0.1) is 53.3 Å². The Bertz CT molecular complexity index is 6450. The number of nitrogens with zero attached hydrogens (tertiary/aromatic N) is 13. The van der Waals surface area contributed by atoms with E-state index in [2.05, 4.69) is 187 Å². The van der Waals surface area contributed by atoms with Crippen molar-refractivity contribution in [1.82, 2.24) is 64.8 Å². The molecule has 0 fully saturated rings. The summed E-state index contributed by atoms with van der Waals surface area (Å²) in [6, 6.07) is 100. The summed E-state index contributed by atoms with van der Waals surface area (Å²) in [5, 5.41) is 18.5. The molecule has 0 unspecified atom stereocenters. The van der Waals surface area contributed by atoms with Gasteiger partial charge in [0.15, 0.2) is 0 Å². The molecule has 0 atom stereocenters. The fourth-order valence-electron chi connectivity index (χ4n) is 15.2. The lowest BCUT2D eigenvalue weighted by molar-refractivity contribution is 0.584. The SMILES string of the molecule is Cc1cc(-c2ccc(CNc3cccc4nc(-c5ccnc(C)c5)ccc34)cc2)ccn1.Cc1cc(-c2ccc(CNc3cccc4nc(-c5ccnc(C)c5)ccc34)cn2)ccn1.Cc1cc(-c2ccc3c(NCc4ccc(-c5cccc(F)c5)nc4)cccc3n2)ccn1.Cc1cc(-c2ccc3c(NCc4ccc(-c5ccnc(F)c5)cc4)cccc3n2)ccn1. The maximum absolute atomic E-state index is 13.5. The van der Waals surface area contributed by atoms with Crippen LogP contribution in [0.1, 0.15) is 56.4 Å². The fourth-order valence-corrected chi connectivity index (χ4v) is 15.2. The predicted octanol–water partition coefficient (Wildman–Crippen LogP) is 25.4. The number of hydrogen-bond donors (Lipinski definition) is 4. The zero-order valence-electron chi connectivity index (χ0n) is 71.5. The van der Waals surface area contributed by atoms with Gasteiger partial charge in [-0.1, -0.05) is 97.1 Å². The molecule has 19 heteroatoms. The normalized spacial score (nSPS) is 10.9. The topological polar surface area (TPSA) is 216 Å². The van der Waals surface area contributed by atoms with Gasteiger partial charge in [-0.25, -0.2) is 29.3 Å². The molecule has 17 nitrogen and oxygen atoms in total. The molecule has 0 aliphatic rings. The van der Waals surface area contributed by atoms with Gasteiger partial charge in [0.25, 0.3) is 0 Å². The van der Waals surface area contributed by atoms with Crippen molar-refractivity contribution in [3.8, 4) is 89.8 Å². The van der Waals surface area contributed by atoms with Crippen LogP contribution in [0.3, 0.4) is 0 Å². The first-order chi connectivity index (χ1) is 62.6. The van der Waals surface area contributed by atoms with E-state index >= 15 is 0 Å². The number of hydrogen-bond acceptors (Lipinski definition) is 17. The van der Waals surface area contributed by atoms with Crippen molar-refractivity contribution < 1.29 is 8.78 Å². The standard InChI is InChI=1S/C28H24N4.2C27H21FN4.C27H23N5/c1-19-16-23(12-14-29-19)22-8-6-21(7-9-22)18-31-27-4-3-5-28-25(27)10-11-26(32-28)24-13-15-30-20(2)17-24;1-18-14-21(12-13-29-18)25-11-9-23-26(6-3-7-27(23)32-25)31-17-19-8-10-24(30-16-19)20-4-2-5-22(28)15-20;1-18-15-22(12-13-29-18)24-10-9-23-25(3-2-4-26(23)32-24)31-17-19-5-7-20(8-6-19)21-11-14-30-27(28)16-21;1-18-14-21(10-12-28-18)24-8-6-20(16-30-24)17-31-26-4-3-5-27-23(26)7-9-25(32-27)22-11-13-29-19(2)15-22/h3-17,31H,18H2,1-2H3;2*2-16,31H,17H2,1H3;3-16,31H,17H2,1-2H3. The van der Waals surface area contributed by atoms with Gasteiger partial charge in [0.2, 0.25) is 5.95 Å². The van der Waals surface area contributed by atoms with Crippen molar-refractivity contribution in [3.05, 3.63) is 427 Å². The lowest BCUT2D eigenvalue weighted by Gasteiger charge is -2.11. The minimum atomic E-state index is -0.472. The molecule has 0 saturated heterocycles. The van der Waals surface area contributed by atoms with Crippen molar-refractivity contribution in [3.63, 3.8) is 0 Å². The maximum atomic E-state index is 13.5. The number of halogens is 2. The molecule has 0 saturated carbocycles. The summed E-state index contributed by atoms with van der Waals surface area (Å²) in [6.07, 6.45) is 16.2.